The van der Waals surface area contributed by atoms with Gasteiger partial charge in [0.1, 0.15) is 11.6 Å². The van der Waals surface area contributed by atoms with Gasteiger partial charge in [0, 0.05) is 11.8 Å². The maximum Gasteiger partial charge on any atom is 0.341 e. The molecule has 0 atom stereocenters. The van der Waals surface area contributed by atoms with E-state index in [0.29, 0.717) is 11.6 Å². The van der Waals surface area contributed by atoms with Gasteiger partial charge in [0.05, 0.1) is 5.71 Å². The van der Waals surface area contributed by atoms with Crippen molar-refractivity contribution in [1.82, 2.24) is 4.98 Å². The molecule has 0 amide bonds. The molecule has 0 saturated heterocycles. The zero-order chi connectivity index (χ0) is 15.1. The quantitative estimate of drug-likeness (QED) is 0.629. The van der Waals surface area contributed by atoms with E-state index >= 15 is 0 Å². The number of aliphatic carboxylic acids is 1. The van der Waals surface area contributed by atoms with Crippen LogP contribution in [0.3, 0.4) is 0 Å². The van der Waals surface area contributed by atoms with Crippen molar-refractivity contribution in [2.24, 2.45) is 5.10 Å². The van der Waals surface area contributed by atoms with E-state index in [-0.39, 0.29) is 6.61 Å². The summed E-state index contributed by atoms with van der Waals surface area (Å²) in [5, 5.41) is 12.8. The van der Waals surface area contributed by atoms with Gasteiger partial charge >= 0.3 is 5.97 Å². The Balaban J connectivity index is 2.06. The van der Waals surface area contributed by atoms with Gasteiger partial charge < -0.3 is 9.84 Å². The van der Waals surface area contributed by atoms with Crippen molar-refractivity contribution in [3.63, 3.8) is 0 Å². The van der Waals surface area contributed by atoms with Gasteiger partial charge in [0.25, 0.3) is 0 Å². The van der Waals surface area contributed by atoms with Gasteiger partial charge in [0.15, 0.2) is 6.61 Å². The van der Waals surface area contributed by atoms with E-state index < -0.39 is 5.97 Å². The molecule has 0 saturated carbocycles. The molecule has 0 fully saturated rings. The summed E-state index contributed by atoms with van der Waals surface area (Å²) < 4.78 is 5.13. The van der Waals surface area contributed by atoms with Crippen molar-refractivity contribution < 1.29 is 14.6 Å². The first-order chi connectivity index (χ1) is 10.1. The van der Waals surface area contributed by atoms with Crippen LogP contribution in [0.15, 0.2) is 53.8 Å². The SMILES string of the molecule is C/C(=N/Nc1ccccn1)c1cccc(OCC(=O)O)c1. The summed E-state index contributed by atoms with van der Waals surface area (Å²) in [6.07, 6.45) is 1.67. The Labute approximate surface area is 122 Å². The van der Waals surface area contributed by atoms with Crippen molar-refractivity contribution in [1.29, 1.82) is 0 Å². The summed E-state index contributed by atoms with van der Waals surface area (Å²) in [5.74, 6) is 0.125. The van der Waals surface area contributed by atoms with E-state index in [1.807, 2.05) is 31.2 Å². The highest BCUT2D eigenvalue weighted by molar-refractivity contribution is 5.99. The number of benzene rings is 1. The molecule has 1 aromatic carbocycles. The maximum absolute atomic E-state index is 10.5. The van der Waals surface area contributed by atoms with E-state index in [4.69, 9.17) is 9.84 Å². The first-order valence-corrected chi connectivity index (χ1v) is 6.31. The van der Waals surface area contributed by atoms with Gasteiger partial charge in [-0.25, -0.2) is 9.78 Å². The van der Waals surface area contributed by atoms with Crippen LogP contribution in [0.1, 0.15) is 12.5 Å². The molecule has 0 spiro atoms. The Morgan fingerprint density at radius 3 is 2.90 bits per heavy atom. The Morgan fingerprint density at radius 1 is 1.33 bits per heavy atom. The first kappa shape index (κ1) is 14.5. The van der Waals surface area contributed by atoms with Crippen LogP contribution >= 0.6 is 0 Å². The van der Waals surface area contributed by atoms with Crippen LogP contribution in [0.2, 0.25) is 0 Å². The zero-order valence-corrected chi connectivity index (χ0v) is 11.5. The van der Waals surface area contributed by atoms with Gasteiger partial charge in [-0.3, -0.25) is 5.43 Å². The first-order valence-electron chi connectivity index (χ1n) is 6.31. The summed E-state index contributed by atoms with van der Waals surface area (Å²) in [7, 11) is 0. The predicted octanol–water partition coefficient (Wildman–Crippen LogP) is 2.38. The number of hydrogen-bond donors (Lipinski definition) is 2. The summed E-state index contributed by atoms with van der Waals surface area (Å²) >= 11 is 0. The molecule has 0 aliphatic carbocycles. The van der Waals surface area contributed by atoms with E-state index in [9.17, 15) is 4.79 Å². The summed E-state index contributed by atoms with van der Waals surface area (Å²) in [6, 6.07) is 12.6. The zero-order valence-electron chi connectivity index (χ0n) is 11.5. The molecule has 0 unspecified atom stereocenters. The lowest BCUT2D eigenvalue weighted by Crippen LogP contribution is -2.09. The van der Waals surface area contributed by atoms with Crippen molar-refractivity contribution in [2.75, 3.05) is 12.0 Å². The molecular formula is C15H15N3O3. The Morgan fingerprint density at radius 2 is 2.19 bits per heavy atom. The van der Waals surface area contributed by atoms with Crippen LogP contribution in [0.5, 0.6) is 5.75 Å². The number of carbonyl (C=O) groups is 1. The number of carboxylic acids is 1. The van der Waals surface area contributed by atoms with Crippen LogP contribution in [-0.2, 0) is 4.79 Å². The standard InChI is InChI=1S/C15H15N3O3/c1-11(17-18-14-7-2-3-8-16-14)12-5-4-6-13(9-12)21-10-15(19)20/h2-9H,10H2,1H3,(H,16,18)(H,19,20)/b17-11-. The van der Waals surface area contributed by atoms with E-state index in [0.717, 1.165) is 11.3 Å². The molecule has 0 aliphatic rings. The molecule has 2 rings (SSSR count). The van der Waals surface area contributed by atoms with Crippen LogP contribution in [0, 0.1) is 0 Å². The van der Waals surface area contributed by atoms with Gasteiger partial charge in [-0.2, -0.15) is 5.10 Å². The Hall–Kier alpha value is -2.89. The van der Waals surface area contributed by atoms with Crippen LogP contribution in [-0.4, -0.2) is 28.4 Å². The number of ether oxygens (including phenoxy) is 1. The number of hydrogen-bond acceptors (Lipinski definition) is 5. The highest BCUT2D eigenvalue weighted by Crippen LogP contribution is 2.14. The fourth-order valence-electron chi connectivity index (χ4n) is 1.59. The third-order valence-electron chi connectivity index (χ3n) is 2.62. The summed E-state index contributed by atoms with van der Waals surface area (Å²) in [4.78, 5) is 14.6. The largest absolute Gasteiger partial charge is 0.482 e. The Kier molecular flexibility index (Phi) is 4.87. The lowest BCUT2D eigenvalue weighted by molar-refractivity contribution is -0.139. The van der Waals surface area contributed by atoms with Crippen molar-refractivity contribution >= 4 is 17.5 Å². The van der Waals surface area contributed by atoms with Crippen molar-refractivity contribution in [3.05, 3.63) is 54.2 Å². The molecule has 2 N–H and O–H groups in total. The predicted molar refractivity (Wildman–Crippen MR) is 79.6 cm³/mol. The average molecular weight is 285 g/mol. The topological polar surface area (TPSA) is 83.8 Å². The van der Waals surface area contributed by atoms with Crippen molar-refractivity contribution in [2.45, 2.75) is 6.92 Å². The lowest BCUT2D eigenvalue weighted by Gasteiger charge is -2.06. The minimum atomic E-state index is -1.01. The van der Waals surface area contributed by atoms with E-state index in [1.54, 1.807) is 24.4 Å². The molecule has 6 nitrogen and oxygen atoms in total. The van der Waals surface area contributed by atoms with Crippen molar-refractivity contribution in [3.8, 4) is 5.75 Å². The van der Waals surface area contributed by atoms with Crippen LogP contribution in [0.4, 0.5) is 5.82 Å². The smallest absolute Gasteiger partial charge is 0.341 e. The number of rotatable bonds is 6. The maximum atomic E-state index is 10.5. The highest BCUT2D eigenvalue weighted by Gasteiger charge is 2.03. The molecule has 108 valence electrons. The normalized spacial score (nSPS) is 11.0. The molecule has 0 radical (unpaired) electrons. The molecule has 0 aliphatic heterocycles. The second kappa shape index (κ2) is 7.04. The number of nitrogens with one attached hydrogen (secondary N) is 1. The third kappa shape index (κ3) is 4.61. The lowest BCUT2D eigenvalue weighted by atomic mass is 10.1. The third-order valence-corrected chi connectivity index (χ3v) is 2.62. The molecule has 1 aromatic heterocycles. The monoisotopic (exact) mass is 285 g/mol. The number of hydrazone groups is 1. The minimum Gasteiger partial charge on any atom is -0.482 e. The van der Waals surface area contributed by atoms with Crippen LogP contribution in [0.25, 0.3) is 0 Å². The molecule has 1 heterocycles. The molecular weight excluding hydrogens is 270 g/mol. The Bertz CT molecular complexity index is 642. The molecule has 0 bridgehead atoms. The fraction of sp³-hybridized carbons (Fsp3) is 0.133. The number of nitrogens with zero attached hydrogens (tertiary/aromatic N) is 2. The molecule has 21 heavy (non-hydrogen) atoms. The molecule has 2 aromatic rings. The van der Waals surface area contributed by atoms with Gasteiger partial charge in [-0.15, -0.1) is 0 Å². The fourth-order valence-corrected chi connectivity index (χ4v) is 1.59. The highest BCUT2D eigenvalue weighted by atomic mass is 16.5. The summed E-state index contributed by atoms with van der Waals surface area (Å²) in [6.45, 7) is 1.47. The molecule has 6 heteroatoms. The summed E-state index contributed by atoms with van der Waals surface area (Å²) in [5.41, 5.74) is 4.43. The van der Waals surface area contributed by atoms with E-state index in [2.05, 4.69) is 15.5 Å². The number of aromatic nitrogens is 1. The van der Waals surface area contributed by atoms with Gasteiger partial charge in [0.2, 0.25) is 0 Å². The number of pyridine rings is 1. The number of anilines is 1. The second-order valence-corrected chi connectivity index (χ2v) is 4.23. The minimum absolute atomic E-state index is 0.369. The van der Waals surface area contributed by atoms with Crippen LogP contribution < -0.4 is 10.2 Å². The van der Waals surface area contributed by atoms with E-state index in [1.165, 1.54) is 0 Å². The van der Waals surface area contributed by atoms with Gasteiger partial charge in [-0.1, -0.05) is 18.2 Å². The second-order valence-electron chi connectivity index (χ2n) is 4.23. The number of carboxylic acid groups (broad SMARTS) is 1. The van der Waals surface area contributed by atoms with Gasteiger partial charge in [-0.05, 0) is 31.2 Å². The average Bonchev–Trinajstić information content (AvgIpc) is 2.52.